The largest absolute Gasteiger partial charge is 0.388 e. The molecule has 3 N–H and O–H groups in total. The Morgan fingerprint density at radius 1 is 1.24 bits per heavy atom. The lowest BCUT2D eigenvalue weighted by atomic mass is 10.2. The number of hydrogen-bond acceptors (Lipinski definition) is 3. The quantitative estimate of drug-likeness (QED) is 0.763. The molecule has 0 saturated heterocycles. The molecule has 1 aromatic carbocycles. The number of hydrogen-bond donors (Lipinski definition) is 3. The Bertz CT molecular complexity index is 558. The summed E-state index contributed by atoms with van der Waals surface area (Å²) in [6.45, 7) is 0.863. The van der Waals surface area contributed by atoms with Gasteiger partial charge in [-0.25, -0.2) is 4.79 Å². The number of rotatable bonds is 6. The van der Waals surface area contributed by atoms with Crippen LogP contribution in [0.5, 0.6) is 0 Å². The number of urea groups is 1. The maximum atomic E-state index is 11.6. The van der Waals surface area contributed by atoms with E-state index in [1.165, 1.54) is 11.3 Å². The highest BCUT2D eigenvalue weighted by molar-refractivity contribution is 7.10. The second-order valence-electron chi connectivity index (χ2n) is 4.56. The second kappa shape index (κ2) is 8.02. The number of aliphatic hydroxyl groups excluding tert-OH is 1. The number of aliphatic hydroxyl groups is 1. The molecule has 1 atom stereocenters. The molecule has 4 nitrogen and oxygen atoms in total. The first kappa shape index (κ1) is 15.8. The molecule has 1 heterocycles. The third kappa shape index (κ3) is 5.38. The Morgan fingerprint density at radius 2 is 2.00 bits per heavy atom. The summed E-state index contributed by atoms with van der Waals surface area (Å²) in [7, 11) is 0. The lowest BCUT2D eigenvalue weighted by Gasteiger charge is -2.10. The summed E-state index contributed by atoms with van der Waals surface area (Å²) in [6, 6.07) is 10.8. The predicted molar refractivity (Wildman–Crippen MR) is 85.6 cm³/mol. The Morgan fingerprint density at radius 3 is 2.67 bits per heavy atom. The van der Waals surface area contributed by atoms with Gasteiger partial charge in [0, 0.05) is 23.0 Å². The number of halogens is 1. The zero-order chi connectivity index (χ0) is 15.1. The van der Waals surface area contributed by atoms with Crippen molar-refractivity contribution in [2.24, 2.45) is 0 Å². The normalized spacial score (nSPS) is 11.9. The summed E-state index contributed by atoms with van der Waals surface area (Å²) in [4.78, 5) is 12.5. The summed E-state index contributed by atoms with van der Waals surface area (Å²) in [6.07, 6.45) is -0.0314. The van der Waals surface area contributed by atoms with Gasteiger partial charge in [0.2, 0.25) is 0 Å². The average molecular weight is 325 g/mol. The molecule has 0 aliphatic carbocycles. The van der Waals surface area contributed by atoms with E-state index < -0.39 is 6.10 Å². The number of benzene rings is 1. The molecular formula is C15H17ClN2O2S. The molecule has 21 heavy (non-hydrogen) atoms. The fourth-order valence-corrected chi connectivity index (χ4v) is 2.66. The van der Waals surface area contributed by atoms with Crippen LogP contribution in [0.25, 0.3) is 0 Å². The van der Waals surface area contributed by atoms with Gasteiger partial charge in [-0.05, 0) is 35.6 Å². The SMILES string of the molecule is O=C(NCCC(O)c1cccs1)NCc1ccc(Cl)cc1. The lowest BCUT2D eigenvalue weighted by Crippen LogP contribution is -2.35. The molecule has 2 rings (SSSR count). The molecule has 0 saturated carbocycles. The fraction of sp³-hybridized carbons (Fsp3) is 0.267. The Hall–Kier alpha value is -1.56. The molecule has 112 valence electrons. The highest BCUT2D eigenvalue weighted by Gasteiger charge is 2.08. The van der Waals surface area contributed by atoms with Gasteiger partial charge in [0.15, 0.2) is 0 Å². The molecule has 0 bridgehead atoms. The van der Waals surface area contributed by atoms with Crippen LogP contribution in [0.15, 0.2) is 41.8 Å². The van der Waals surface area contributed by atoms with E-state index in [0.29, 0.717) is 24.5 Å². The molecule has 6 heteroatoms. The molecule has 0 fully saturated rings. The zero-order valence-electron chi connectivity index (χ0n) is 11.4. The van der Waals surface area contributed by atoms with Crippen molar-refractivity contribution in [1.29, 1.82) is 0 Å². The molecular weight excluding hydrogens is 308 g/mol. The number of amides is 2. The molecule has 1 aromatic heterocycles. The van der Waals surface area contributed by atoms with Gasteiger partial charge in [-0.15, -0.1) is 11.3 Å². The van der Waals surface area contributed by atoms with Gasteiger partial charge in [-0.2, -0.15) is 0 Å². The van der Waals surface area contributed by atoms with E-state index in [-0.39, 0.29) is 6.03 Å². The van der Waals surface area contributed by atoms with Gasteiger partial charge in [-0.3, -0.25) is 0 Å². The number of carbonyl (C=O) groups excluding carboxylic acids is 1. The fourth-order valence-electron chi connectivity index (χ4n) is 1.79. The smallest absolute Gasteiger partial charge is 0.315 e. The first-order chi connectivity index (χ1) is 10.1. The number of carbonyl (C=O) groups is 1. The third-order valence-corrected chi connectivity index (χ3v) is 4.17. The minimum absolute atomic E-state index is 0.247. The van der Waals surface area contributed by atoms with Gasteiger partial charge in [-0.1, -0.05) is 29.8 Å². The van der Waals surface area contributed by atoms with Crippen molar-refractivity contribution in [3.05, 3.63) is 57.2 Å². The van der Waals surface area contributed by atoms with E-state index in [0.717, 1.165) is 10.4 Å². The maximum Gasteiger partial charge on any atom is 0.315 e. The van der Waals surface area contributed by atoms with Gasteiger partial charge in [0.25, 0.3) is 0 Å². The summed E-state index contributed by atoms with van der Waals surface area (Å²) >= 11 is 7.30. The number of nitrogens with one attached hydrogen (secondary N) is 2. The van der Waals surface area contributed by atoms with E-state index in [2.05, 4.69) is 10.6 Å². The molecule has 0 aliphatic heterocycles. The molecule has 0 radical (unpaired) electrons. The number of thiophene rings is 1. The Labute approximate surface area is 132 Å². The highest BCUT2D eigenvalue weighted by atomic mass is 35.5. The van der Waals surface area contributed by atoms with Crippen molar-refractivity contribution in [3.63, 3.8) is 0 Å². The molecule has 0 aliphatic rings. The van der Waals surface area contributed by atoms with Gasteiger partial charge >= 0.3 is 6.03 Å². The minimum atomic E-state index is -0.526. The van der Waals surface area contributed by atoms with Crippen molar-refractivity contribution in [2.75, 3.05) is 6.54 Å². The van der Waals surface area contributed by atoms with Gasteiger partial charge in [0.05, 0.1) is 6.10 Å². The highest BCUT2D eigenvalue weighted by Crippen LogP contribution is 2.20. The van der Waals surface area contributed by atoms with Crippen molar-refractivity contribution >= 4 is 29.0 Å². The second-order valence-corrected chi connectivity index (χ2v) is 5.97. The summed E-state index contributed by atoms with van der Waals surface area (Å²) in [5.41, 5.74) is 0.980. The zero-order valence-corrected chi connectivity index (χ0v) is 13.0. The summed E-state index contributed by atoms with van der Waals surface area (Å²) in [5.74, 6) is 0. The van der Waals surface area contributed by atoms with Gasteiger partial charge < -0.3 is 15.7 Å². The average Bonchev–Trinajstić information content (AvgIpc) is 3.01. The van der Waals surface area contributed by atoms with Crippen LogP contribution in [-0.2, 0) is 6.54 Å². The van der Waals surface area contributed by atoms with Crippen molar-refractivity contribution < 1.29 is 9.90 Å². The van der Waals surface area contributed by atoms with Crippen LogP contribution < -0.4 is 10.6 Å². The lowest BCUT2D eigenvalue weighted by molar-refractivity contribution is 0.170. The predicted octanol–water partition coefficient (Wildman–Crippen LogP) is 3.32. The van der Waals surface area contributed by atoms with E-state index in [1.807, 2.05) is 29.6 Å². The van der Waals surface area contributed by atoms with Crippen molar-refractivity contribution in [1.82, 2.24) is 10.6 Å². The molecule has 2 amide bonds. The van der Waals surface area contributed by atoms with Crippen LogP contribution in [0.3, 0.4) is 0 Å². The molecule has 1 unspecified atom stereocenters. The minimum Gasteiger partial charge on any atom is -0.388 e. The topological polar surface area (TPSA) is 61.4 Å². The van der Waals surface area contributed by atoms with Crippen LogP contribution >= 0.6 is 22.9 Å². The molecule has 2 aromatic rings. The van der Waals surface area contributed by atoms with Crippen LogP contribution in [-0.4, -0.2) is 17.7 Å². The maximum absolute atomic E-state index is 11.6. The van der Waals surface area contributed by atoms with E-state index >= 15 is 0 Å². The Kier molecular flexibility index (Phi) is 6.04. The molecule has 0 spiro atoms. The first-order valence-corrected chi connectivity index (χ1v) is 7.88. The first-order valence-electron chi connectivity index (χ1n) is 6.63. The summed E-state index contributed by atoms with van der Waals surface area (Å²) in [5, 5.41) is 18.0. The monoisotopic (exact) mass is 324 g/mol. The van der Waals surface area contributed by atoms with Crippen LogP contribution in [0.2, 0.25) is 5.02 Å². The summed E-state index contributed by atoms with van der Waals surface area (Å²) < 4.78 is 0. The van der Waals surface area contributed by atoms with Crippen LogP contribution in [0.1, 0.15) is 23.0 Å². The van der Waals surface area contributed by atoms with E-state index in [4.69, 9.17) is 11.6 Å². The van der Waals surface area contributed by atoms with Gasteiger partial charge in [0.1, 0.15) is 0 Å². The standard InChI is InChI=1S/C15H17ClN2O2S/c16-12-5-3-11(4-6-12)10-18-15(20)17-8-7-13(19)14-2-1-9-21-14/h1-6,9,13,19H,7-8,10H2,(H2,17,18,20). The Balaban J connectivity index is 1.64. The third-order valence-electron chi connectivity index (χ3n) is 2.94. The van der Waals surface area contributed by atoms with E-state index in [1.54, 1.807) is 12.1 Å². The van der Waals surface area contributed by atoms with Crippen molar-refractivity contribution in [3.8, 4) is 0 Å². The van der Waals surface area contributed by atoms with Crippen LogP contribution in [0, 0.1) is 0 Å². The van der Waals surface area contributed by atoms with Crippen molar-refractivity contribution in [2.45, 2.75) is 19.1 Å². The van der Waals surface area contributed by atoms with Crippen LogP contribution in [0.4, 0.5) is 4.79 Å². The van der Waals surface area contributed by atoms with E-state index in [9.17, 15) is 9.90 Å².